The van der Waals surface area contributed by atoms with E-state index in [0.717, 1.165) is 0 Å². The summed E-state index contributed by atoms with van der Waals surface area (Å²) in [5.41, 5.74) is 0.841. The number of carbonyl (C=O) groups is 2. The van der Waals surface area contributed by atoms with Crippen molar-refractivity contribution in [2.45, 2.75) is 13.8 Å². The molecule has 18 heavy (non-hydrogen) atoms. The van der Waals surface area contributed by atoms with Crippen LogP contribution in [0.1, 0.15) is 23.1 Å². The summed E-state index contributed by atoms with van der Waals surface area (Å²) in [7, 11) is 0. The maximum atomic E-state index is 11.7. The number of hydrogen-bond donors (Lipinski definition) is 2. The number of aromatic nitrogens is 2. The Kier molecular flexibility index (Phi) is 3.61. The van der Waals surface area contributed by atoms with E-state index in [9.17, 15) is 9.59 Å². The highest BCUT2D eigenvalue weighted by Gasteiger charge is 2.24. The number of imidazole rings is 1. The Bertz CT molecular complexity index is 469. The van der Waals surface area contributed by atoms with E-state index >= 15 is 0 Å². The third-order valence-electron chi connectivity index (χ3n) is 2.69. The lowest BCUT2D eigenvalue weighted by molar-refractivity contribution is -0.118. The van der Waals surface area contributed by atoms with Crippen LogP contribution in [-0.2, 0) is 9.53 Å². The first kappa shape index (κ1) is 12.6. The van der Waals surface area contributed by atoms with Crippen molar-refractivity contribution in [3.05, 3.63) is 11.4 Å². The van der Waals surface area contributed by atoms with E-state index in [2.05, 4.69) is 15.3 Å². The molecular weight excluding hydrogens is 236 g/mol. The second-order valence-electron chi connectivity index (χ2n) is 3.98. The molecule has 0 aliphatic carbocycles. The number of rotatable bonds is 3. The van der Waals surface area contributed by atoms with Crippen molar-refractivity contribution < 1.29 is 14.3 Å². The minimum absolute atomic E-state index is 0.0644. The second-order valence-corrected chi connectivity index (χ2v) is 3.98. The highest BCUT2D eigenvalue weighted by atomic mass is 16.5. The molecular formula is C11H16N4O3. The van der Waals surface area contributed by atoms with E-state index in [-0.39, 0.29) is 18.1 Å². The summed E-state index contributed by atoms with van der Waals surface area (Å²) in [6.07, 6.45) is 0. The van der Waals surface area contributed by atoms with Gasteiger partial charge in [-0.05, 0) is 13.8 Å². The molecule has 7 nitrogen and oxygen atoms in total. The molecule has 1 aliphatic rings. The lowest BCUT2D eigenvalue weighted by Gasteiger charge is -2.24. The molecule has 7 heteroatoms. The van der Waals surface area contributed by atoms with Crippen molar-refractivity contribution in [2.24, 2.45) is 0 Å². The molecule has 1 aliphatic heterocycles. The van der Waals surface area contributed by atoms with Crippen molar-refractivity contribution in [1.29, 1.82) is 0 Å². The first-order chi connectivity index (χ1) is 8.63. The highest BCUT2D eigenvalue weighted by Crippen LogP contribution is 2.15. The van der Waals surface area contributed by atoms with Gasteiger partial charge in [-0.1, -0.05) is 0 Å². The molecule has 0 bridgehead atoms. The summed E-state index contributed by atoms with van der Waals surface area (Å²) in [5, 5.41) is 2.97. The Balaban J connectivity index is 2.22. The Labute approximate surface area is 105 Å². The van der Waals surface area contributed by atoms with Crippen LogP contribution < -0.4 is 10.2 Å². The number of H-pyrrole nitrogens is 1. The zero-order chi connectivity index (χ0) is 13.1. The number of nitrogens with one attached hydrogen (secondary N) is 2. The third-order valence-corrected chi connectivity index (χ3v) is 2.69. The van der Waals surface area contributed by atoms with Crippen molar-refractivity contribution >= 4 is 17.8 Å². The topological polar surface area (TPSA) is 87.3 Å². The number of esters is 1. The molecule has 1 saturated heterocycles. The van der Waals surface area contributed by atoms with Crippen LogP contribution in [0.4, 0.5) is 5.95 Å². The molecule has 0 radical (unpaired) electrons. The van der Waals surface area contributed by atoms with Gasteiger partial charge < -0.3 is 15.0 Å². The third kappa shape index (κ3) is 2.35. The molecule has 0 spiro atoms. The van der Waals surface area contributed by atoms with Crippen molar-refractivity contribution in [3.63, 3.8) is 0 Å². The highest BCUT2D eigenvalue weighted by molar-refractivity contribution is 5.95. The van der Waals surface area contributed by atoms with Gasteiger partial charge in [0.2, 0.25) is 11.9 Å². The fraction of sp³-hybridized carbons (Fsp3) is 0.545. The van der Waals surface area contributed by atoms with Crippen molar-refractivity contribution in [2.75, 3.05) is 31.1 Å². The fourth-order valence-electron chi connectivity index (χ4n) is 1.80. The van der Waals surface area contributed by atoms with Crippen LogP contribution >= 0.6 is 0 Å². The van der Waals surface area contributed by atoms with Crippen molar-refractivity contribution in [1.82, 2.24) is 15.3 Å². The van der Waals surface area contributed by atoms with Gasteiger partial charge in [-0.2, -0.15) is 0 Å². The Morgan fingerprint density at radius 3 is 3.00 bits per heavy atom. The van der Waals surface area contributed by atoms with Crippen molar-refractivity contribution in [3.8, 4) is 0 Å². The van der Waals surface area contributed by atoms with Crippen LogP contribution in [0.3, 0.4) is 0 Å². The summed E-state index contributed by atoms with van der Waals surface area (Å²) >= 11 is 0. The van der Waals surface area contributed by atoms with E-state index in [1.165, 1.54) is 4.90 Å². The summed E-state index contributed by atoms with van der Waals surface area (Å²) in [6, 6.07) is 0. The van der Waals surface area contributed by atoms with Crippen LogP contribution in [-0.4, -0.2) is 48.1 Å². The average molecular weight is 252 g/mol. The molecule has 1 fully saturated rings. The standard InChI is InChI=1S/C11H16N4O3/c1-3-18-10(17)9-7(2)13-11(14-9)15-5-4-12-6-8(15)16/h12H,3-6H2,1-2H3,(H,13,14). The van der Waals surface area contributed by atoms with E-state index < -0.39 is 5.97 Å². The molecule has 2 heterocycles. The number of aromatic amines is 1. The lowest BCUT2D eigenvalue weighted by atomic mass is 10.3. The molecule has 1 amide bonds. The predicted octanol–water partition coefficient (Wildman–Crippen LogP) is -0.169. The number of carbonyl (C=O) groups excluding carboxylic acids is 2. The summed E-state index contributed by atoms with van der Waals surface area (Å²) in [5.74, 6) is -0.132. The Morgan fingerprint density at radius 2 is 2.33 bits per heavy atom. The van der Waals surface area contributed by atoms with Crippen LogP contribution in [0.25, 0.3) is 0 Å². The van der Waals surface area contributed by atoms with Gasteiger partial charge in [0.1, 0.15) is 0 Å². The molecule has 2 N–H and O–H groups in total. The maximum Gasteiger partial charge on any atom is 0.358 e. The molecule has 0 aromatic carbocycles. The molecule has 98 valence electrons. The van der Waals surface area contributed by atoms with Gasteiger partial charge >= 0.3 is 5.97 Å². The van der Waals surface area contributed by atoms with E-state index in [0.29, 0.717) is 31.3 Å². The minimum Gasteiger partial charge on any atom is -0.461 e. The van der Waals surface area contributed by atoms with Gasteiger partial charge in [0, 0.05) is 18.8 Å². The van der Waals surface area contributed by atoms with Gasteiger partial charge in [-0.15, -0.1) is 0 Å². The largest absolute Gasteiger partial charge is 0.461 e. The van der Waals surface area contributed by atoms with E-state index in [1.807, 2.05) is 0 Å². The van der Waals surface area contributed by atoms with Crippen LogP contribution in [0.5, 0.6) is 0 Å². The van der Waals surface area contributed by atoms with Gasteiger partial charge in [0.15, 0.2) is 5.69 Å². The summed E-state index contributed by atoms with van der Waals surface area (Å²) < 4.78 is 4.90. The van der Waals surface area contributed by atoms with Gasteiger partial charge in [-0.3, -0.25) is 9.69 Å². The molecule has 0 atom stereocenters. The molecule has 0 unspecified atom stereocenters. The lowest BCUT2D eigenvalue weighted by Crippen LogP contribution is -2.48. The van der Waals surface area contributed by atoms with Crippen LogP contribution in [0.15, 0.2) is 0 Å². The van der Waals surface area contributed by atoms with E-state index in [4.69, 9.17) is 4.74 Å². The predicted molar refractivity (Wildman–Crippen MR) is 64.5 cm³/mol. The monoisotopic (exact) mass is 252 g/mol. The fourth-order valence-corrected chi connectivity index (χ4v) is 1.80. The number of ether oxygens (including phenoxy) is 1. The van der Waals surface area contributed by atoms with Gasteiger partial charge in [-0.25, -0.2) is 9.78 Å². The molecule has 1 aromatic heterocycles. The molecule has 0 saturated carbocycles. The first-order valence-electron chi connectivity index (χ1n) is 5.88. The number of amides is 1. The zero-order valence-corrected chi connectivity index (χ0v) is 10.4. The number of hydrogen-bond acceptors (Lipinski definition) is 5. The normalized spacial score (nSPS) is 15.9. The summed E-state index contributed by atoms with van der Waals surface area (Å²) in [4.78, 5) is 32.0. The average Bonchev–Trinajstić information content (AvgIpc) is 2.72. The smallest absolute Gasteiger partial charge is 0.358 e. The summed E-state index contributed by atoms with van der Waals surface area (Å²) in [6.45, 7) is 5.30. The minimum atomic E-state index is -0.472. The quantitative estimate of drug-likeness (QED) is 0.729. The molecule has 1 aromatic rings. The van der Waals surface area contributed by atoms with E-state index in [1.54, 1.807) is 13.8 Å². The molecule has 2 rings (SSSR count). The number of piperazine rings is 1. The maximum absolute atomic E-state index is 11.7. The number of aryl methyl sites for hydroxylation is 1. The zero-order valence-electron chi connectivity index (χ0n) is 10.4. The number of nitrogens with zero attached hydrogens (tertiary/aromatic N) is 2. The van der Waals surface area contributed by atoms with Gasteiger partial charge in [0.25, 0.3) is 0 Å². The Morgan fingerprint density at radius 1 is 1.56 bits per heavy atom. The SMILES string of the molecule is CCOC(=O)c1nc(N2CCNCC2=O)[nH]c1C. The second kappa shape index (κ2) is 5.18. The van der Waals surface area contributed by atoms with Crippen LogP contribution in [0, 0.1) is 6.92 Å². The Hall–Kier alpha value is -1.89. The van der Waals surface area contributed by atoms with Gasteiger partial charge in [0.05, 0.1) is 13.2 Å². The first-order valence-corrected chi connectivity index (χ1v) is 5.88. The number of anilines is 1. The van der Waals surface area contributed by atoms with Crippen LogP contribution in [0.2, 0.25) is 0 Å².